The third-order valence-electron chi connectivity index (χ3n) is 2.20. The second-order valence-electron chi connectivity index (χ2n) is 4.20. The molecule has 6 nitrogen and oxygen atoms in total. The van der Waals surface area contributed by atoms with Gasteiger partial charge in [0.15, 0.2) is 0 Å². The maximum absolute atomic E-state index is 10.4. The lowest BCUT2D eigenvalue weighted by molar-refractivity contribution is 0.478. The quantitative estimate of drug-likeness (QED) is 0.613. The van der Waals surface area contributed by atoms with E-state index in [1.54, 1.807) is 30.3 Å². The SMILES string of the molecule is CCCCCS(=O)(=O)O.O=S(=O)(O)Cc1ccccc1. The summed E-state index contributed by atoms with van der Waals surface area (Å²) >= 11 is 0. The number of rotatable bonds is 6. The molecule has 0 atom stereocenters. The Morgan fingerprint density at radius 1 is 0.900 bits per heavy atom. The molecule has 0 aliphatic heterocycles. The number of benzene rings is 1. The topological polar surface area (TPSA) is 109 Å². The Hall–Kier alpha value is -0.960. The van der Waals surface area contributed by atoms with Gasteiger partial charge in [0.1, 0.15) is 5.75 Å². The molecule has 0 aliphatic carbocycles. The van der Waals surface area contributed by atoms with Gasteiger partial charge in [-0.15, -0.1) is 0 Å². The van der Waals surface area contributed by atoms with Crippen molar-refractivity contribution in [1.29, 1.82) is 0 Å². The van der Waals surface area contributed by atoms with Crippen molar-refractivity contribution < 1.29 is 25.9 Å². The molecular weight excluding hydrogens is 304 g/mol. The minimum Gasteiger partial charge on any atom is -0.286 e. The van der Waals surface area contributed by atoms with E-state index in [0.717, 1.165) is 12.8 Å². The first kappa shape index (κ1) is 19.0. The van der Waals surface area contributed by atoms with E-state index in [0.29, 0.717) is 12.0 Å². The van der Waals surface area contributed by atoms with Gasteiger partial charge in [-0.1, -0.05) is 50.1 Å². The van der Waals surface area contributed by atoms with E-state index < -0.39 is 20.2 Å². The fourth-order valence-corrected chi connectivity index (χ4v) is 2.50. The largest absolute Gasteiger partial charge is 0.286 e. The van der Waals surface area contributed by atoms with Crippen molar-refractivity contribution in [2.24, 2.45) is 0 Å². The molecule has 0 amide bonds. The van der Waals surface area contributed by atoms with E-state index in [4.69, 9.17) is 9.11 Å². The van der Waals surface area contributed by atoms with Gasteiger partial charge in [-0.3, -0.25) is 9.11 Å². The van der Waals surface area contributed by atoms with Crippen LogP contribution in [0.25, 0.3) is 0 Å². The maximum Gasteiger partial charge on any atom is 0.269 e. The molecule has 116 valence electrons. The molecule has 0 fully saturated rings. The van der Waals surface area contributed by atoms with Crippen molar-refractivity contribution in [3.05, 3.63) is 35.9 Å². The minimum atomic E-state index is -3.88. The van der Waals surface area contributed by atoms with Gasteiger partial charge in [0.05, 0.1) is 5.75 Å². The summed E-state index contributed by atoms with van der Waals surface area (Å²) in [5.74, 6) is -0.408. The Bertz CT molecular complexity index is 563. The molecule has 0 aromatic heterocycles. The van der Waals surface area contributed by atoms with Crippen LogP contribution in [0.5, 0.6) is 0 Å². The van der Waals surface area contributed by atoms with E-state index in [2.05, 4.69) is 0 Å². The number of hydrogen-bond donors (Lipinski definition) is 2. The molecule has 0 saturated heterocycles. The summed E-state index contributed by atoms with van der Waals surface area (Å²) in [5, 5.41) is 0. The van der Waals surface area contributed by atoms with Crippen LogP contribution in [0.15, 0.2) is 30.3 Å². The van der Waals surface area contributed by atoms with Gasteiger partial charge in [0.25, 0.3) is 20.2 Å². The molecule has 20 heavy (non-hydrogen) atoms. The highest BCUT2D eigenvalue weighted by molar-refractivity contribution is 7.85. The van der Waals surface area contributed by atoms with Gasteiger partial charge in [0.2, 0.25) is 0 Å². The summed E-state index contributed by atoms with van der Waals surface area (Å²) < 4.78 is 57.5. The van der Waals surface area contributed by atoms with E-state index >= 15 is 0 Å². The van der Waals surface area contributed by atoms with Crippen LogP contribution in [0.1, 0.15) is 31.7 Å². The lowest BCUT2D eigenvalue weighted by Gasteiger charge is -1.95. The molecule has 0 bridgehead atoms. The highest BCUT2D eigenvalue weighted by Gasteiger charge is 2.04. The fraction of sp³-hybridized carbons (Fsp3) is 0.500. The van der Waals surface area contributed by atoms with Crippen molar-refractivity contribution in [2.75, 3.05) is 5.75 Å². The molecule has 8 heteroatoms. The van der Waals surface area contributed by atoms with E-state index in [1.807, 2.05) is 6.92 Å². The van der Waals surface area contributed by atoms with Gasteiger partial charge in [-0.05, 0) is 12.0 Å². The lowest BCUT2D eigenvalue weighted by atomic mass is 10.2. The summed E-state index contributed by atoms with van der Waals surface area (Å²) in [7, 11) is -7.57. The molecule has 1 rings (SSSR count). The molecule has 0 unspecified atom stereocenters. The normalized spacial score (nSPS) is 11.6. The molecule has 2 N–H and O–H groups in total. The van der Waals surface area contributed by atoms with Gasteiger partial charge >= 0.3 is 0 Å². The van der Waals surface area contributed by atoms with Gasteiger partial charge in [-0.2, -0.15) is 16.8 Å². The smallest absolute Gasteiger partial charge is 0.269 e. The molecular formula is C12H20O6S2. The lowest BCUT2D eigenvalue weighted by Crippen LogP contribution is -2.02. The van der Waals surface area contributed by atoms with Crippen LogP contribution in [0, 0.1) is 0 Å². The molecule has 0 saturated carbocycles. The molecule has 0 radical (unpaired) electrons. The highest BCUT2D eigenvalue weighted by Crippen LogP contribution is 2.02. The predicted molar refractivity (Wildman–Crippen MR) is 77.6 cm³/mol. The highest BCUT2D eigenvalue weighted by atomic mass is 32.2. The minimum absolute atomic E-state index is 0.0964. The Morgan fingerprint density at radius 3 is 1.85 bits per heavy atom. The summed E-state index contributed by atoms with van der Waals surface area (Å²) in [5.41, 5.74) is 0.593. The zero-order valence-corrected chi connectivity index (χ0v) is 12.9. The zero-order valence-electron chi connectivity index (χ0n) is 11.3. The zero-order chi connectivity index (χ0) is 15.6. The third kappa shape index (κ3) is 13.5. The molecule has 1 aromatic rings. The molecule has 0 heterocycles. The first-order valence-corrected chi connectivity index (χ1v) is 9.30. The molecule has 1 aromatic carbocycles. The van der Waals surface area contributed by atoms with Crippen LogP contribution in [-0.2, 0) is 26.0 Å². The van der Waals surface area contributed by atoms with Crippen LogP contribution >= 0.6 is 0 Å². The van der Waals surface area contributed by atoms with Crippen molar-refractivity contribution in [3.63, 3.8) is 0 Å². The molecule has 0 spiro atoms. The van der Waals surface area contributed by atoms with Crippen molar-refractivity contribution in [3.8, 4) is 0 Å². The summed E-state index contributed by atoms with van der Waals surface area (Å²) in [4.78, 5) is 0. The van der Waals surface area contributed by atoms with Crippen LogP contribution < -0.4 is 0 Å². The van der Waals surface area contributed by atoms with Crippen LogP contribution in [-0.4, -0.2) is 31.7 Å². The standard InChI is InChI=1S/C7H8O3S.C5H12O3S/c8-11(9,10)6-7-4-2-1-3-5-7;1-2-3-4-5-9(6,7)8/h1-5H,6H2,(H,8,9,10);2-5H2,1H3,(H,6,7,8). The summed E-state index contributed by atoms with van der Waals surface area (Å²) in [6, 6.07) is 8.52. The van der Waals surface area contributed by atoms with E-state index in [1.165, 1.54) is 0 Å². The first-order chi connectivity index (χ1) is 9.14. The fourth-order valence-electron chi connectivity index (χ4n) is 1.32. The van der Waals surface area contributed by atoms with Crippen LogP contribution in [0.4, 0.5) is 0 Å². The van der Waals surface area contributed by atoms with E-state index in [-0.39, 0.29) is 11.5 Å². The predicted octanol–water partition coefficient (Wildman–Crippen LogP) is 2.14. The van der Waals surface area contributed by atoms with Gasteiger partial charge in [0, 0.05) is 0 Å². The summed E-state index contributed by atoms with van der Waals surface area (Å²) in [6.07, 6.45) is 2.39. The average Bonchev–Trinajstić information content (AvgIpc) is 2.27. The second-order valence-corrected chi connectivity index (χ2v) is 7.23. The van der Waals surface area contributed by atoms with Crippen molar-refractivity contribution in [1.82, 2.24) is 0 Å². The number of unbranched alkanes of at least 4 members (excludes halogenated alkanes) is 2. The molecule has 0 aliphatic rings. The average molecular weight is 324 g/mol. The van der Waals surface area contributed by atoms with Crippen molar-refractivity contribution >= 4 is 20.2 Å². The number of hydrogen-bond acceptors (Lipinski definition) is 4. The van der Waals surface area contributed by atoms with Crippen molar-refractivity contribution in [2.45, 2.75) is 31.9 Å². The Morgan fingerprint density at radius 2 is 1.45 bits per heavy atom. The summed E-state index contributed by atoms with van der Waals surface area (Å²) in [6.45, 7) is 1.98. The van der Waals surface area contributed by atoms with Crippen LogP contribution in [0.3, 0.4) is 0 Å². The Kier molecular flexibility index (Phi) is 8.63. The maximum atomic E-state index is 10.4. The monoisotopic (exact) mass is 324 g/mol. The second kappa shape index (κ2) is 9.06. The Balaban J connectivity index is 0.000000370. The third-order valence-corrected chi connectivity index (χ3v) is 3.70. The van der Waals surface area contributed by atoms with E-state index in [9.17, 15) is 16.8 Å². The van der Waals surface area contributed by atoms with Gasteiger partial charge < -0.3 is 0 Å². The van der Waals surface area contributed by atoms with Crippen LogP contribution in [0.2, 0.25) is 0 Å². The first-order valence-electron chi connectivity index (χ1n) is 6.08. The van der Waals surface area contributed by atoms with Gasteiger partial charge in [-0.25, -0.2) is 0 Å². The Labute approximate surface area is 120 Å².